The summed E-state index contributed by atoms with van der Waals surface area (Å²) in [5.74, 6) is 0.657. The van der Waals surface area contributed by atoms with Gasteiger partial charge in [-0.25, -0.2) is 9.98 Å². The molecule has 112 valence electrons. The molecule has 1 aromatic rings. The zero-order valence-electron chi connectivity index (χ0n) is 12.0. The van der Waals surface area contributed by atoms with E-state index in [-0.39, 0.29) is 0 Å². The van der Waals surface area contributed by atoms with Gasteiger partial charge in [0, 0.05) is 10.8 Å². The van der Waals surface area contributed by atoms with Crippen LogP contribution in [0.2, 0.25) is 0 Å². The minimum Gasteiger partial charge on any atom is -0.370 e. The lowest BCUT2D eigenvalue weighted by atomic mass is 10.0. The lowest BCUT2D eigenvalue weighted by Crippen LogP contribution is -2.48. The number of hydrogen-bond donors (Lipinski definition) is 3. The summed E-state index contributed by atoms with van der Waals surface area (Å²) in [6.45, 7) is 0. The molecule has 21 heavy (non-hydrogen) atoms. The van der Waals surface area contributed by atoms with E-state index in [1.54, 1.807) is 11.8 Å². The third-order valence-corrected chi connectivity index (χ3v) is 5.38. The number of thioether (sulfide) groups is 1. The van der Waals surface area contributed by atoms with Crippen molar-refractivity contribution in [3.63, 3.8) is 0 Å². The SMILES string of the molecule is NC1=NC(SC2CCCCC2)(c2ccccc2)N=C(N)N1. The van der Waals surface area contributed by atoms with E-state index >= 15 is 0 Å². The molecule has 0 saturated heterocycles. The molecule has 3 rings (SSSR count). The second kappa shape index (κ2) is 5.97. The molecule has 5 nitrogen and oxygen atoms in total. The van der Waals surface area contributed by atoms with Crippen LogP contribution in [0, 0.1) is 0 Å². The molecule has 1 fully saturated rings. The summed E-state index contributed by atoms with van der Waals surface area (Å²) in [4.78, 5) is 8.47. The number of hydrogen-bond acceptors (Lipinski definition) is 6. The van der Waals surface area contributed by atoms with Crippen molar-refractivity contribution in [1.82, 2.24) is 5.32 Å². The number of rotatable bonds is 3. The Hall–Kier alpha value is -1.69. The zero-order chi connectivity index (χ0) is 14.7. The summed E-state index contributed by atoms with van der Waals surface area (Å²) in [6, 6.07) is 10.1. The average Bonchev–Trinajstić information content (AvgIpc) is 2.48. The number of benzene rings is 1. The van der Waals surface area contributed by atoms with Crippen LogP contribution in [0.3, 0.4) is 0 Å². The van der Waals surface area contributed by atoms with Gasteiger partial charge < -0.3 is 11.5 Å². The third kappa shape index (κ3) is 3.15. The maximum absolute atomic E-state index is 5.91. The summed E-state index contributed by atoms with van der Waals surface area (Å²) >= 11 is 1.77. The number of nitrogens with one attached hydrogen (secondary N) is 1. The number of nitrogens with two attached hydrogens (primary N) is 2. The second-order valence-corrected chi connectivity index (χ2v) is 6.94. The van der Waals surface area contributed by atoms with Crippen molar-refractivity contribution in [3.05, 3.63) is 35.9 Å². The van der Waals surface area contributed by atoms with Crippen molar-refractivity contribution in [1.29, 1.82) is 0 Å². The Morgan fingerprint density at radius 1 is 1.00 bits per heavy atom. The quantitative estimate of drug-likeness (QED) is 0.798. The molecular weight excluding hydrogens is 282 g/mol. The van der Waals surface area contributed by atoms with Gasteiger partial charge in [0.25, 0.3) is 0 Å². The Bertz CT molecular complexity index is 530. The van der Waals surface area contributed by atoms with Crippen LogP contribution in [-0.2, 0) is 4.99 Å². The van der Waals surface area contributed by atoms with E-state index in [1.165, 1.54) is 32.1 Å². The largest absolute Gasteiger partial charge is 0.370 e. The normalized spacial score (nSPS) is 22.1. The van der Waals surface area contributed by atoms with Gasteiger partial charge in [-0.1, -0.05) is 61.4 Å². The molecule has 0 aromatic heterocycles. The molecule has 1 heterocycles. The Kier molecular flexibility index (Phi) is 4.05. The summed E-state index contributed by atoms with van der Waals surface area (Å²) in [6.07, 6.45) is 6.29. The molecule has 0 unspecified atom stereocenters. The first kappa shape index (κ1) is 14.3. The first-order valence-electron chi connectivity index (χ1n) is 7.39. The molecule has 0 spiro atoms. The number of nitrogens with zero attached hydrogens (tertiary/aromatic N) is 2. The molecule has 1 aliphatic heterocycles. The van der Waals surface area contributed by atoms with Crippen molar-refractivity contribution in [2.45, 2.75) is 42.3 Å². The fourth-order valence-electron chi connectivity index (χ4n) is 2.86. The van der Waals surface area contributed by atoms with Crippen molar-refractivity contribution >= 4 is 23.7 Å². The van der Waals surface area contributed by atoms with Crippen molar-refractivity contribution in [3.8, 4) is 0 Å². The highest BCUT2D eigenvalue weighted by Crippen LogP contribution is 2.46. The summed E-state index contributed by atoms with van der Waals surface area (Å²) < 4.78 is 0. The molecule has 1 saturated carbocycles. The highest BCUT2D eigenvalue weighted by atomic mass is 32.2. The van der Waals surface area contributed by atoms with Gasteiger partial charge in [-0.3, -0.25) is 5.32 Å². The molecule has 0 bridgehead atoms. The molecule has 5 N–H and O–H groups in total. The van der Waals surface area contributed by atoms with Crippen LogP contribution in [0.4, 0.5) is 0 Å². The average molecular weight is 303 g/mol. The first-order chi connectivity index (χ1) is 10.2. The van der Waals surface area contributed by atoms with E-state index in [0.717, 1.165) is 5.56 Å². The van der Waals surface area contributed by atoms with Crippen LogP contribution >= 0.6 is 11.8 Å². The standard InChI is InChI=1S/C15H21N5S/c16-13-18-14(17)20-15(19-13,11-7-3-1-4-8-11)21-12-9-5-2-6-10-12/h1,3-4,7-8,12H,2,5-6,9-10H2,(H5,16,17,18,19,20). The van der Waals surface area contributed by atoms with Crippen LogP contribution in [-0.4, -0.2) is 17.2 Å². The van der Waals surface area contributed by atoms with E-state index < -0.39 is 4.99 Å². The van der Waals surface area contributed by atoms with Crippen molar-refractivity contribution < 1.29 is 0 Å². The first-order valence-corrected chi connectivity index (χ1v) is 8.27. The van der Waals surface area contributed by atoms with Crippen LogP contribution in [0.15, 0.2) is 40.3 Å². The third-order valence-electron chi connectivity index (χ3n) is 3.83. The van der Waals surface area contributed by atoms with Crippen LogP contribution in [0.1, 0.15) is 37.7 Å². The zero-order valence-corrected chi connectivity index (χ0v) is 12.8. The number of guanidine groups is 2. The molecule has 0 radical (unpaired) electrons. The van der Waals surface area contributed by atoms with E-state index in [0.29, 0.717) is 17.2 Å². The molecule has 2 aliphatic rings. The molecule has 1 aromatic carbocycles. The van der Waals surface area contributed by atoms with Crippen LogP contribution < -0.4 is 16.8 Å². The molecule has 0 atom stereocenters. The smallest absolute Gasteiger partial charge is 0.230 e. The highest BCUT2D eigenvalue weighted by Gasteiger charge is 2.38. The highest BCUT2D eigenvalue weighted by molar-refractivity contribution is 8.00. The van der Waals surface area contributed by atoms with Gasteiger partial charge in [0.1, 0.15) is 0 Å². The van der Waals surface area contributed by atoms with Gasteiger partial charge >= 0.3 is 0 Å². The fourth-order valence-corrected chi connectivity index (χ4v) is 4.47. The van der Waals surface area contributed by atoms with Crippen molar-refractivity contribution in [2.75, 3.05) is 0 Å². The van der Waals surface area contributed by atoms with Gasteiger partial charge in [-0.05, 0) is 12.8 Å². The Morgan fingerprint density at radius 2 is 1.62 bits per heavy atom. The van der Waals surface area contributed by atoms with E-state index in [9.17, 15) is 0 Å². The molecular formula is C15H21N5S. The maximum atomic E-state index is 5.91. The second-order valence-electron chi connectivity index (χ2n) is 5.47. The van der Waals surface area contributed by atoms with Gasteiger partial charge in [-0.15, -0.1) is 0 Å². The summed E-state index contributed by atoms with van der Waals surface area (Å²) in [5, 5.41) is 3.33. The van der Waals surface area contributed by atoms with E-state index in [4.69, 9.17) is 11.5 Å². The van der Waals surface area contributed by atoms with E-state index in [2.05, 4.69) is 15.3 Å². The van der Waals surface area contributed by atoms with Gasteiger partial charge in [-0.2, -0.15) is 0 Å². The van der Waals surface area contributed by atoms with Gasteiger partial charge in [0.2, 0.25) is 4.99 Å². The molecule has 6 heteroatoms. The Labute approximate surface area is 129 Å². The van der Waals surface area contributed by atoms with Crippen molar-refractivity contribution in [2.24, 2.45) is 21.5 Å². The summed E-state index contributed by atoms with van der Waals surface area (Å²) in [5.41, 5.74) is 12.8. The fraction of sp³-hybridized carbons (Fsp3) is 0.467. The minimum absolute atomic E-state index is 0.328. The minimum atomic E-state index is -0.747. The predicted molar refractivity (Wildman–Crippen MR) is 89.0 cm³/mol. The van der Waals surface area contributed by atoms with E-state index in [1.807, 2.05) is 30.3 Å². The monoisotopic (exact) mass is 303 g/mol. The van der Waals surface area contributed by atoms with Crippen LogP contribution in [0.25, 0.3) is 0 Å². The van der Waals surface area contributed by atoms with Gasteiger partial charge in [0.15, 0.2) is 11.9 Å². The molecule has 0 amide bonds. The van der Waals surface area contributed by atoms with Gasteiger partial charge in [0.05, 0.1) is 0 Å². The Morgan fingerprint density at radius 3 is 2.24 bits per heavy atom. The Balaban J connectivity index is 1.96. The number of aliphatic imine (C=N–C) groups is 2. The maximum Gasteiger partial charge on any atom is 0.230 e. The van der Waals surface area contributed by atoms with Crippen LogP contribution in [0.5, 0.6) is 0 Å². The molecule has 1 aliphatic carbocycles. The predicted octanol–water partition coefficient (Wildman–Crippen LogP) is 2.10. The lowest BCUT2D eigenvalue weighted by molar-refractivity contribution is 0.510. The lowest BCUT2D eigenvalue weighted by Gasteiger charge is -2.34. The summed E-state index contributed by atoms with van der Waals surface area (Å²) in [7, 11) is 0. The topological polar surface area (TPSA) is 88.8 Å².